The van der Waals surface area contributed by atoms with E-state index >= 15 is 0 Å². The van der Waals surface area contributed by atoms with E-state index in [1.54, 1.807) is 0 Å². The Balaban J connectivity index is 2.19. The Kier molecular flexibility index (Phi) is 4.33. The van der Waals surface area contributed by atoms with Gasteiger partial charge in [0.2, 0.25) is 11.7 Å². The molecule has 0 fully saturated rings. The van der Waals surface area contributed by atoms with Crippen molar-refractivity contribution in [2.75, 3.05) is 19.5 Å². The third-order valence-electron chi connectivity index (χ3n) is 2.64. The van der Waals surface area contributed by atoms with Gasteiger partial charge in [-0.15, -0.1) is 11.3 Å². The Hall–Kier alpha value is -1.25. The summed E-state index contributed by atoms with van der Waals surface area (Å²) in [5.41, 5.74) is 0. The number of methoxy groups -OCH3 is 1. The van der Waals surface area contributed by atoms with Gasteiger partial charge in [-0.05, 0) is 18.4 Å². The van der Waals surface area contributed by atoms with Crippen molar-refractivity contribution >= 4 is 21.2 Å². The topological polar surface area (TPSA) is 82.3 Å². The molecule has 2 heterocycles. The minimum atomic E-state index is -3.35. The molecule has 2 aromatic heterocycles. The molecule has 6 nitrogen and oxygen atoms in total. The molecule has 0 aromatic carbocycles. The highest BCUT2D eigenvalue weighted by atomic mass is 32.2. The van der Waals surface area contributed by atoms with E-state index in [2.05, 4.69) is 10.1 Å². The number of thiophene rings is 1. The van der Waals surface area contributed by atoms with Gasteiger partial charge in [-0.25, -0.2) is 8.42 Å². The molecule has 0 radical (unpaired) electrons. The molecule has 0 saturated carbocycles. The molecule has 1 unspecified atom stereocenters. The molecule has 0 aliphatic carbocycles. The molecule has 0 bridgehead atoms. The summed E-state index contributed by atoms with van der Waals surface area (Å²) in [5, 5.41) is 4.87. The van der Waals surface area contributed by atoms with Crippen LogP contribution in [0.15, 0.2) is 22.0 Å². The molecule has 0 saturated heterocycles. The van der Waals surface area contributed by atoms with E-state index in [1.807, 2.05) is 17.5 Å². The maximum Gasteiger partial charge on any atom is 0.245 e. The summed E-state index contributed by atoms with van der Waals surface area (Å²) in [5.74, 6) is 0.458. The lowest BCUT2D eigenvalue weighted by molar-refractivity contribution is 0.217. The van der Waals surface area contributed by atoms with Crippen LogP contribution < -0.4 is 0 Å². The zero-order chi connectivity index (χ0) is 13.9. The van der Waals surface area contributed by atoms with Crippen molar-refractivity contribution in [3.05, 3.63) is 23.4 Å². The van der Waals surface area contributed by atoms with Crippen LogP contribution in [0.5, 0.6) is 0 Å². The van der Waals surface area contributed by atoms with Crippen LogP contribution in [0.3, 0.4) is 0 Å². The van der Waals surface area contributed by atoms with Gasteiger partial charge in [0.05, 0.1) is 17.2 Å². The van der Waals surface area contributed by atoms with Crippen LogP contribution >= 0.6 is 11.3 Å². The average molecular weight is 302 g/mol. The highest BCUT2D eigenvalue weighted by molar-refractivity contribution is 7.91. The minimum Gasteiger partial charge on any atom is -0.384 e. The second kappa shape index (κ2) is 5.81. The molecule has 2 rings (SSSR count). The number of rotatable bonds is 6. The van der Waals surface area contributed by atoms with E-state index in [4.69, 9.17) is 9.26 Å². The molecule has 0 aliphatic rings. The quantitative estimate of drug-likeness (QED) is 0.810. The van der Waals surface area contributed by atoms with Crippen molar-refractivity contribution in [3.8, 4) is 10.7 Å². The lowest BCUT2D eigenvalue weighted by Crippen LogP contribution is -2.17. The first-order valence-electron chi connectivity index (χ1n) is 5.62. The second-order valence-corrected chi connectivity index (χ2v) is 7.32. The first-order valence-corrected chi connectivity index (χ1v) is 8.22. The molecule has 0 aliphatic heterocycles. The molecule has 104 valence electrons. The van der Waals surface area contributed by atoms with Crippen LogP contribution in [0.25, 0.3) is 10.7 Å². The van der Waals surface area contributed by atoms with Crippen LogP contribution in [0.4, 0.5) is 0 Å². The fraction of sp³-hybridized carbons (Fsp3) is 0.455. The number of aromatic nitrogens is 2. The third kappa shape index (κ3) is 3.20. The summed E-state index contributed by atoms with van der Waals surface area (Å²) >= 11 is 1.47. The fourth-order valence-electron chi connectivity index (χ4n) is 1.44. The summed E-state index contributed by atoms with van der Waals surface area (Å²) < 4.78 is 33.8. The second-order valence-electron chi connectivity index (χ2n) is 3.94. The van der Waals surface area contributed by atoms with Crippen LogP contribution in [0, 0.1) is 0 Å². The Morgan fingerprint density at radius 1 is 1.53 bits per heavy atom. The Bertz CT molecular complexity index is 619. The number of ether oxygens (including phenoxy) is 1. The van der Waals surface area contributed by atoms with Gasteiger partial charge in [-0.3, -0.25) is 0 Å². The predicted molar refractivity (Wildman–Crippen MR) is 71.7 cm³/mol. The van der Waals surface area contributed by atoms with Gasteiger partial charge in [-0.1, -0.05) is 11.2 Å². The molecule has 8 heteroatoms. The van der Waals surface area contributed by atoms with Crippen molar-refractivity contribution in [3.63, 3.8) is 0 Å². The lowest BCUT2D eigenvalue weighted by atomic mass is 10.4. The lowest BCUT2D eigenvalue weighted by Gasteiger charge is -2.07. The Labute approximate surface area is 115 Å². The van der Waals surface area contributed by atoms with E-state index < -0.39 is 15.1 Å². The molecule has 19 heavy (non-hydrogen) atoms. The monoisotopic (exact) mass is 302 g/mol. The van der Waals surface area contributed by atoms with Crippen molar-refractivity contribution in [2.45, 2.75) is 12.2 Å². The van der Waals surface area contributed by atoms with Gasteiger partial charge in [0, 0.05) is 7.11 Å². The molecule has 0 spiro atoms. The first kappa shape index (κ1) is 14.2. The number of nitrogens with zero attached hydrogens (tertiary/aromatic N) is 2. The summed E-state index contributed by atoms with van der Waals surface area (Å²) in [7, 11) is -1.89. The number of hydrogen-bond acceptors (Lipinski definition) is 7. The molecule has 0 N–H and O–H groups in total. The molecular formula is C11H14N2O4S2. The van der Waals surface area contributed by atoms with Crippen LogP contribution in [0.1, 0.15) is 18.1 Å². The van der Waals surface area contributed by atoms with E-state index in [0.717, 1.165) is 4.88 Å². The smallest absolute Gasteiger partial charge is 0.245 e. The van der Waals surface area contributed by atoms with Crippen molar-refractivity contribution in [1.82, 2.24) is 10.1 Å². The van der Waals surface area contributed by atoms with Gasteiger partial charge in [0.25, 0.3) is 0 Å². The van der Waals surface area contributed by atoms with E-state index in [1.165, 1.54) is 25.4 Å². The standard InChI is InChI=1S/C11H14N2O4S2/c1-8(19(14,15)7-5-16-2)11-12-10(13-17-11)9-4-3-6-18-9/h3-4,6,8H,5,7H2,1-2H3. The zero-order valence-corrected chi connectivity index (χ0v) is 12.2. The average Bonchev–Trinajstić information content (AvgIpc) is 3.05. The summed E-state index contributed by atoms with van der Waals surface area (Å²) in [4.78, 5) is 4.98. The summed E-state index contributed by atoms with van der Waals surface area (Å²) in [6.45, 7) is 1.69. The van der Waals surface area contributed by atoms with Crippen LogP contribution in [0.2, 0.25) is 0 Å². The van der Waals surface area contributed by atoms with Gasteiger partial charge < -0.3 is 9.26 Å². The fourth-order valence-corrected chi connectivity index (χ4v) is 3.24. The van der Waals surface area contributed by atoms with Gasteiger partial charge in [0.15, 0.2) is 9.84 Å². The normalized spacial score (nSPS) is 13.6. The summed E-state index contributed by atoms with van der Waals surface area (Å²) in [6, 6.07) is 3.72. The summed E-state index contributed by atoms with van der Waals surface area (Å²) in [6.07, 6.45) is 0. The number of hydrogen-bond donors (Lipinski definition) is 0. The maximum atomic E-state index is 12.0. The molecular weight excluding hydrogens is 288 g/mol. The largest absolute Gasteiger partial charge is 0.384 e. The maximum absolute atomic E-state index is 12.0. The van der Waals surface area contributed by atoms with Crippen molar-refractivity contribution in [2.24, 2.45) is 0 Å². The molecule has 1 atom stereocenters. The van der Waals surface area contributed by atoms with E-state index in [-0.39, 0.29) is 18.3 Å². The highest BCUT2D eigenvalue weighted by Gasteiger charge is 2.28. The Morgan fingerprint density at radius 2 is 2.32 bits per heavy atom. The van der Waals surface area contributed by atoms with Gasteiger partial charge >= 0.3 is 0 Å². The van der Waals surface area contributed by atoms with E-state index in [9.17, 15) is 8.42 Å². The van der Waals surface area contributed by atoms with Gasteiger partial charge in [0.1, 0.15) is 5.25 Å². The Morgan fingerprint density at radius 3 is 2.95 bits per heavy atom. The SMILES string of the molecule is COCCS(=O)(=O)C(C)c1nc(-c2cccs2)no1. The van der Waals surface area contributed by atoms with Crippen molar-refractivity contribution in [1.29, 1.82) is 0 Å². The minimum absolute atomic E-state index is 0.0681. The van der Waals surface area contributed by atoms with Crippen LogP contribution in [-0.4, -0.2) is 38.0 Å². The molecule has 0 amide bonds. The third-order valence-corrected chi connectivity index (χ3v) is 5.52. The zero-order valence-electron chi connectivity index (χ0n) is 10.6. The highest BCUT2D eigenvalue weighted by Crippen LogP contribution is 2.26. The predicted octanol–water partition coefficient (Wildman–Crippen LogP) is 1.92. The molecule has 2 aromatic rings. The number of sulfone groups is 1. The van der Waals surface area contributed by atoms with Gasteiger partial charge in [-0.2, -0.15) is 4.98 Å². The van der Waals surface area contributed by atoms with E-state index in [0.29, 0.717) is 5.82 Å². The first-order chi connectivity index (χ1) is 9.04. The van der Waals surface area contributed by atoms with Crippen LogP contribution in [-0.2, 0) is 14.6 Å². The van der Waals surface area contributed by atoms with Crippen molar-refractivity contribution < 1.29 is 17.7 Å².